The van der Waals surface area contributed by atoms with Crippen LogP contribution in [0, 0.1) is 0 Å². The number of unbranched alkanes of at least 4 members (excludes halogenated alkanes) is 2. The molecule has 1 aromatic rings. The summed E-state index contributed by atoms with van der Waals surface area (Å²) in [7, 11) is -3.85. The maximum Gasteiger partial charge on any atom is 0.263 e. The van der Waals surface area contributed by atoms with Gasteiger partial charge in [-0.25, -0.2) is 17.2 Å². The summed E-state index contributed by atoms with van der Waals surface area (Å²) < 4.78 is 51.7. The molecule has 8 heteroatoms. The summed E-state index contributed by atoms with van der Waals surface area (Å²) >= 11 is 0. The smallest absolute Gasteiger partial charge is 0.263 e. The molecule has 0 radical (unpaired) electrons. The fraction of sp³-hybridized carbons (Fsp3) is 0.500. The van der Waals surface area contributed by atoms with Crippen molar-refractivity contribution < 1.29 is 22.0 Å². The Morgan fingerprint density at radius 2 is 2.08 bits per heavy atom. The summed E-state index contributed by atoms with van der Waals surface area (Å²) in [6.45, 7) is 5.70. The number of carbonyl (C=O) groups is 1. The molecule has 5 nitrogen and oxygen atoms in total. The van der Waals surface area contributed by atoms with Crippen molar-refractivity contribution in [3.63, 3.8) is 0 Å². The van der Waals surface area contributed by atoms with Crippen molar-refractivity contribution in [2.24, 2.45) is 0 Å². The molecule has 0 bridgehead atoms. The first-order valence-electron chi connectivity index (χ1n) is 8.52. The lowest BCUT2D eigenvalue weighted by molar-refractivity contribution is -0.121. The second kappa shape index (κ2) is 11.0. The van der Waals surface area contributed by atoms with Crippen LogP contribution in [0.15, 0.2) is 36.9 Å². The highest BCUT2D eigenvalue weighted by atomic mass is 32.2. The van der Waals surface area contributed by atoms with Crippen LogP contribution < -0.4 is 5.32 Å². The minimum Gasteiger partial charge on any atom is -0.355 e. The van der Waals surface area contributed by atoms with Crippen molar-refractivity contribution in [1.82, 2.24) is 9.62 Å². The first-order chi connectivity index (χ1) is 12.3. The molecular formula is C18H26F2N2O3S. The van der Waals surface area contributed by atoms with Crippen LogP contribution in [0.2, 0.25) is 0 Å². The highest BCUT2D eigenvalue weighted by Gasteiger charge is 2.24. The van der Waals surface area contributed by atoms with Crippen LogP contribution in [0.3, 0.4) is 0 Å². The summed E-state index contributed by atoms with van der Waals surface area (Å²) in [5.41, 5.74) is 0.0156. The van der Waals surface area contributed by atoms with Crippen molar-refractivity contribution in [3.05, 3.63) is 48.0 Å². The Kier molecular flexibility index (Phi) is 9.43. The number of rotatable bonds is 12. The molecular weight excluding hydrogens is 362 g/mol. The third-order valence-electron chi connectivity index (χ3n) is 3.70. The monoisotopic (exact) mass is 388 g/mol. The summed E-state index contributed by atoms with van der Waals surface area (Å²) in [5, 5.41) is 2.69. The normalized spacial score (nSPS) is 11.7. The maximum atomic E-state index is 12.8. The van der Waals surface area contributed by atoms with Crippen LogP contribution in [0.5, 0.6) is 0 Å². The van der Waals surface area contributed by atoms with Gasteiger partial charge >= 0.3 is 0 Å². The van der Waals surface area contributed by atoms with Gasteiger partial charge in [0, 0.05) is 18.7 Å². The second-order valence-corrected chi connectivity index (χ2v) is 7.91. The summed E-state index contributed by atoms with van der Waals surface area (Å²) in [4.78, 5) is 12.0. The largest absolute Gasteiger partial charge is 0.355 e. The molecule has 0 aliphatic rings. The van der Waals surface area contributed by atoms with Crippen LogP contribution in [0.1, 0.15) is 43.7 Å². The molecule has 1 amide bonds. The fourth-order valence-electron chi connectivity index (χ4n) is 2.36. The summed E-state index contributed by atoms with van der Waals surface area (Å²) in [6.07, 6.45) is 1.55. The molecule has 26 heavy (non-hydrogen) atoms. The van der Waals surface area contributed by atoms with Gasteiger partial charge in [-0.2, -0.15) is 4.31 Å². The van der Waals surface area contributed by atoms with E-state index in [0.717, 1.165) is 23.6 Å². The SMILES string of the molecule is C=CCN(CC(=O)NCCCCC)S(=O)(=O)Cc1cccc(C(F)F)c1. The molecule has 1 aromatic carbocycles. The number of nitrogens with zero attached hydrogens (tertiary/aromatic N) is 1. The molecule has 1 rings (SSSR count). The first-order valence-corrected chi connectivity index (χ1v) is 10.1. The van der Waals surface area contributed by atoms with Gasteiger partial charge < -0.3 is 5.32 Å². The highest BCUT2D eigenvalue weighted by Crippen LogP contribution is 2.21. The molecule has 0 atom stereocenters. The fourth-order valence-corrected chi connectivity index (χ4v) is 3.79. The lowest BCUT2D eigenvalue weighted by atomic mass is 10.1. The van der Waals surface area contributed by atoms with Crippen molar-refractivity contribution in [3.8, 4) is 0 Å². The number of carbonyl (C=O) groups excluding carboxylic acids is 1. The standard InChI is InChI=1S/C18H26F2N2O3S/c1-3-5-6-10-21-17(23)13-22(11-4-2)26(24,25)14-15-8-7-9-16(12-15)18(19)20/h4,7-9,12,18H,2-3,5-6,10-11,13-14H2,1H3,(H,21,23). The minimum absolute atomic E-state index is 0.0285. The number of hydrogen-bond acceptors (Lipinski definition) is 3. The van der Waals surface area contributed by atoms with E-state index in [0.29, 0.717) is 6.54 Å². The average Bonchev–Trinajstić information content (AvgIpc) is 2.58. The Bertz CT molecular complexity index is 693. The number of sulfonamides is 1. The van der Waals surface area contributed by atoms with E-state index in [1.807, 2.05) is 6.92 Å². The molecule has 0 unspecified atom stereocenters. The first kappa shape index (κ1) is 22.2. The minimum atomic E-state index is -3.85. The van der Waals surface area contributed by atoms with E-state index < -0.39 is 28.1 Å². The van der Waals surface area contributed by atoms with Crippen molar-refractivity contribution in [1.29, 1.82) is 0 Å². The van der Waals surface area contributed by atoms with Gasteiger partial charge in [0.25, 0.3) is 6.43 Å². The number of amides is 1. The average molecular weight is 388 g/mol. The lowest BCUT2D eigenvalue weighted by Crippen LogP contribution is -2.41. The van der Waals surface area contributed by atoms with Gasteiger partial charge in [-0.3, -0.25) is 4.79 Å². The molecule has 0 heterocycles. The van der Waals surface area contributed by atoms with Gasteiger partial charge in [0.05, 0.1) is 12.3 Å². The Morgan fingerprint density at radius 1 is 1.35 bits per heavy atom. The van der Waals surface area contributed by atoms with E-state index in [9.17, 15) is 22.0 Å². The molecule has 146 valence electrons. The van der Waals surface area contributed by atoms with Gasteiger partial charge in [-0.05, 0) is 18.1 Å². The zero-order valence-electron chi connectivity index (χ0n) is 15.0. The Balaban J connectivity index is 2.78. The quantitative estimate of drug-likeness (QED) is 0.442. The Hall–Kier alpha value is -1.80. The van der Waals surface area contributed by atoms with Crippen LogP contribution in [-0.4, -0.2) is 38.3 Å². The predicted molar refractivity (Wildman–Crippen MR) is 98.3 cm³/mol. The van der Waals surface area contributed by atoms with Crippen molar-refractivity contribution >= 4 is 15.9 Å². The number of hydrogen-bond donors (Lipinski definition) is 1. The molecule has 0 aliphatic carbocycles. The molecule has 1 N–H and O–H groups in total. The number of halogens is 2. The van der Waals surface area contributed by atoms with Crippen LogP contribution in [0.4, 0.5) is 8.78 Å². The van der Waals surface area contributed by atoms with E-state index in [1.54, 1.807) is 0 Å². The summed E-state index contributed by atoms with van der Waals surface area (Å²) in [5.74, 6) is -0.849. The highest BCUT2D eigenvalue weighted by molar-refractivity contribution is 7.88. The van der Waals surface area contributed by atoms with E-state index in [4.69, 9.17) is 0 Å². The van der Waals surface area contributed by atoms with Crippen molar-refractivity contribution in [2.75, 3.05) is 19.6 Å². The topological polar surface area (TPSA) is 66.5 Å². The van der Waals surface area contributed by atoms with E-state index in [1.165, 1.54) is 30.3 Å². The number of benzene rings is 1. The van der Waals surface area contributed by atoms with Crippen molar-refractivity contribution in [2.45, 2.75) is 38.4 Å². The molecule has 0 spiro atoms. The van der Waals surface area contributed by atoms with Crippen LogP contribution >= 0.6 is 0 Å². The van der Waals surface area contributed by atoms with Crippen LogP contribution in [-0.2, 0) is 20.6 Å². The Morgan fingerprint density at radius 3 is 2.69 bits per heavy atom. The van der Waals surface area contributed by atoms with Gasteiger partial charge in [0.2, 0.25) is 15.9 Å². The van der Waals surface area contributed by atoms with E-state index in [2.05, 4.69) is 11.9 Å². The zero-order valence-corrected chi connectivity index (χ0v) is 15.8. The lowest BCUT2D eigenvalue weighted by Gasteiger charge is -2.20. The second-order valence-electron chi connectivity index (χ2n) is 5.94. The molecule has 0 saturated carbocycles. The number of alkyl halides is 2. The number of nitrogens with one attached hydrogen (secondary N) is 1. The molecule has 0 aliphatic heterocycles. The Labute approximate surface area is 154 Å². The van der Waals surface area contributed by atoms with Gasteiger partial charge in [0.15, 0.2) is 0 Å². The third kappa shape index (κ3) is 7.61. The van der Waals surface area contributed by atoms with Crippen LogP contribution in [0.25, 0.3) is 0 Å². The van der Waals surface area contributed by atoms with Gasteiger partial charge in [0.1, 0.15) is 0 Å². The third-order valence-corrected chi connectivity index (χ3v) is 5.46. The van der Waals surface area contributed by atoms with E-state index in [-0.39, 0.29) is 24.2 Å². The van der Waals surface area contributed by atoms with Gasteiger partial charge in [-0.15, -0.1) is 6.58 Å². The molecule has 0 saturated heterocycles. The zero-order chi connectivity index (χ0) is 19.6. The maximum absolute atomic E-state index is 12.8. The molecule has 0 aromatic heterocycles. The van der Waals surface area contributed by atoms with Gasteiger partial charge in [-0.1, -0.05) is 44.0 Å². The molecule has 0 fully saturated rings. The summed E-state index contributed by atoms with van der Waals surface area (Å²) in [6, 6.07) is 5.27. The van der Waals surface area contributed by atoms with E-state index >= 15 is 0 Å². The predicted octanol–water partition coefficient (Wildman–Crippen LogP) is 3.25.